The highest BCUT2D eigenvalue weighted by Gasteiger charge is 2.37. The third kappa shape index (κ3) is 3.96. The van der Waals surface area contributed by atoms with E-state index in [4.69, 9.17) is 0 Å². The van der Waals surface area contributed by atoms with Gasteiger partial charge in [-0.1, -0.05) is 31.5 Å². The smallest absolute Gasteiger partial charge is 0.193 e. The van der Waals surface area contributed by atoms with Crippen LogP contribution in [-0.4, -0.2) is 40.8 Å². The Morgan fingerprint density at radius 2 is 2.17 bits per heavy atom. The summed E-state index contributed by atoms with van der Waals surface area (Å²) in [4.78, 5) is 6.59. The van der Waals surface area contributed by atoms with Crippen molar-refractivity contribution < 1.29 is 0 Å². The average molecular weight is 325 g/mol. The molecule has 0 spiro atoms. The Hall–Kier alpha value is -2.30. The van der Waals surface area contributed by atoms with Crippen LogP contribution in [-0.2, 0) is 6.54 Å². The third-order valence-corrected chi connectivity index (χ3v) is 4.55. The number of hydrogen-bond acceptors (Lipinski definition) is 2. The lowest BCUT2D eigenvalue weighted by atomic mass is 10.2. The molecule has 1 aliphatic rings. The number of para-hydroxylation sites is 1. The van der Waals surface area contributed by atoms with Crippen LogP contribution in [0.1, 0.15) is 31.7 Å². The molecule has 0 bridgehead atoms. The van der Waals surface area contributed by atoms with E-state index in [0.717, 1.165) is 24.1 Å². The Kier molecular flexibility index (Phi) is 5.18. The van der Waals surface area contributed by atoms with Gasteiger partial charge in [-0.3, -0.25) is 4.99 Å². The molecule has 24 heavy (non-hydrogen) atoms. The van der Waals surface area contributed by atoms with Gasteiger partial charge < -0.3 is 10.2 Å². The molecule has 128 valence electrons. The number of nitrogens with zero attached hydrogens (tertiary/aromatic N) is 4. The van der Waals surface area contributed by atoms with Crippen LogP contribution in [0.25, 0.3) is 5.69 Å². The minimum absolute atomic E-state index is 0.596. The number of guanidine groups is 1. The lowest BCUT2D eigenvalue weighted by Crippen LogP contribution is -2.40. The molecule has 0 amide bonds. The van der Waals surface area contributed by atoms with Gasteiger partial charge in [0.25, 0.3) is 0 Å². The summed E-state index contributed by atoms with van der Waals surface area (Å²) < 4.78 is 1.91. The summed E-state index contributed by atoms with van der Waals surface area (Å²) in [5.74, 6) is 1.78. The number of nitrogens with one attached hydrogen (secondary N) is 1. The van der Waals surface area contributed by atoms with Crippen molar-refractivity contribution >= 4 is 5.96 Å². The topological polar surface area (TPSA) is 45.5 Å². The maximum Gasteiger partial charge on any atom is 0.193 e. The number of rotatable bonds is 6. The van der Waals surface area contributed by atoms with Crippen LogP contribution in [0.3, 0.4) is 0 Å². The Morgan fingerprint density at radius 3 is 2.88 bits per heavy atom. The predicted molar refractivity (Wildman–Crippen MR) is 98.3 cm³/mol. The van der Waals surface area contributed by atoms with Crippen molar-refractivity contribution in [1.82, 2.24) is 20.0 Å². The van der Waals surface area contributed by atoms with Crippen LogP contribution in [0.15, 0.2) is 47.7 Å². The summed E-state index contributed by atoms with van der Waals surface area (Å²) in [6.45, 7) is 3.04. The summed E-state index contributed by atoms with van der Waals surface area (Å²) in [6.07, 6.45) is 7.84. The van der Waals surface area contributed by atoms with Gasteiger partial charge in [-0.15, -0.1) is 0 Å². The highest BCUT2D eigenvalue weighted by Crippen LogP contribution is 2.34. The summed E-state index contributed by atoms with van der Waals surface area (Å²) in [5, 5.41) is 8.05. The van der Waals surface area contributed by atoms with Gasteiger partial charge in [-0.2, -0.15) is 5.10 Å². The van der Waals surface area contributed by atoms with E-state index in [1.54, 1.807) is 0 Å². The monoisotopic (exact) mass is 325 g/mol. The van der Waals surface area contributed by atoms with Gasteiger partial charge in [-0.25, -0.2) is 4.68 Å². The molecule has 1 heterocycles. The summed E-state index contributed by atoms with van der Waals surface area (Å²) >= 11 is 0. The molecule has 1 N–H and O–H groups in total. The number of hydrogen-bond donors (Lipinski definition) is 1. The molecular formula is C19H27N5. The normalized spacial score (nSPS) is 20.0. The Balaban J connectivity index is 1.58. The van der Waals surface area contributed by atoms with Crippen LogP contribution in [0.5, 0.6) is 0 Å². The van der Waals surface area contributed by atoms with E-state index in [-0.39, 0.29) is 0 Å². The van der Waals surface area contributed by atoms with E-state index in [0.29, 0.717) is 6.04 Å². The van der Waals surface area contributed by atoms with Crippen molar-refractivity contribution in [3.05, 3.63) is 48.3 Å². The molecule has 1 fully saturated rings. The van der Waals surface area contributed by atoms with Crippen molar-refractivity contribution in [3.63, 3.8) is 0 Å². The zero-order chi connectivity index (χ0) is 16.9. The van der Waals surface area contributed by atoms with E-state index in [1.165, 1.54) is 24.8 Å². The fourth-order valence-electron chi connectivity index (χ4n) is 3.14. The van der Waals surface area contributed by atoms with Crippen LogP contribution < -0.4 is 5.32 Å². The first-order valence-electron chi connectivity index (χ1n) is 8.74. The number of aromatic nitrogens is 2. The zero-order valence-electron chi connectivity index (χ0n) is 14.8. The van der Waals surface area contributed by atoms with Gasteiger partial charge >= 0.3 is 0 Å². The molecule has 1 aromatic heterocycles. The lowest BCUT2D eigenvalue weighted by Gasteiger charge is -2.21. The number of aliphatic imine (C=N–C) groups is 1. The van der Waals surface area contributed by atoms with Crippen LogP contribution in [0.2, 0.25) is 0 Å². The van der Waals surface area contributed by atoms with Crippen LogP contribution in [0, 0.1) is 5.92 Å². The molecule has 1 saturated carbocycles. The van der Waals surface area contributed by atoms with E-state index in [1.807, 2.05) is 36.1 Å². The molecule has 2 atom stereocenters. The fraction of sp³-hybridized carbons (Fsp3) is 0.474. The van der Waals surface area contributed by atoms with E-state index >= 15 is 0 Å². The Bertz CT molecular complexity index is 676. The van der Waals surface area contributed by atoms with E-state index < -0.39 is 0 Å². The minimum atomic E-state index is 0.596. The van der Waals surface area contributed by atoms with Gasteiger partial charge in [0, 0.05) is 38.4 Å². The quantitative estimate of drug-likeness (QED) is 0.656. The summed E-state index contributed by atoms with van der Waals surface area (Å²) in [5.41, 5.74) is 2.25. The minimum Gasteiger partial charge on any atom is -0.353 e. The lowest BCUT2D eigenvalue weighted by molar-refractivity contribution is 0.472. The zero-order valence-corrected chi connectivity index (χ0v) is 14.8. The molecule has 2 unspecified atom stereocenters. The molecule has 3 rings (SSSR count). The second kappa shape index (κ2) is 7.51. The SMILES string of the molecule is CCCC1CC1NC(=NC)N(C)Cc1cnn(-c2ccccc2)c1. The van der Waals surface area contributed by atoms with Crippen molar-refractivity contribution in [2.75, 3.05) is 14.1 Å². The molecule has 5 nitrogen and oxygen atoms in total. The highest BCUT2D eigenvalue weighted by atomic mass is 15.3. The first-order chi connectivity index (χ1) is 11.7. The molecular weight excluding hydrogens is 298 g/mol. The van der Waals surface area contributed by atoms with Gasteiger partial charge in [0.1, 0.15) is 0 Å². The first kappa shape index (κ1) is 16.6. The molecule has 5 heteroatoms. The Morgan fingerprint density at radius 1 is 1.38 bits per heavy atom. The van der Waals surface area contributed by atoms with Crippen molar-refractivity contribution in [3.8, 4) is 5.69 Å². The van der Waals surface area contributed by atoms with Crippen molar-refractivity contribution in [2.24, 2.45) is 10.9 Å². The Labute approximate surface area is 144 Å². The van der Waals surface area contributed by atoms with E-state index in [2.05, 4.69) is 52.6 Å². The van der Waals surface area contributed by atoms with Gasteiger partial charge in [-0.05, 0) is 30.9 Å². The fourth-order valence-corrected chi connectivity index (χ4v) is 3.14. The highest BCUT2D eigenvalue weighted by molar-refractivity contribution is 5.80. The van der Waals surface area contributed by atoms with Crippen LogP contribution >= 0.6 is 0 Å². The van der Waals surface area contributed by atoms with Crippen molar-refractivity contribution in [2.45, 2.75) is 38.8 Å². The summed E-state index contributed by atoms with van der Waals surface area (Å²) in [7, 11) is 3.93. The first-order valence-corrected chi connectivity index (χ1v) is 8.74. The van der Waals surface area contributed by atoms with E-state index in [9.17, 15) is 0 Å². The second-order valence-electron chi connectivity index (χ2n) is 6.57. The maximum absolute atomic E-state index is 4.46. The largest absolute Gasteiger partial charge is 0.353 e. The van der Waals surface area contributed by atoms with Crippen molar-refractivity contribution in [1.29, 1.82) is 0 Å². The molecule has 1 aliphatic carbocycles. The molecule has 1 aromatic carbocycles. The van der Waals surface area contributed by atoms with Gasteiger partial charge in [0.15, 0.2) is 5.96 Å². The molecule has 2 aromatic rings. The average Bonchev–Trinajstić information content (AvgIpc) is 3.16. The summed E-state index contributed by atoms with van der Waals surface area (Å²) in [6, 6.07) is 10.8. The molecule has 0 radical (unpaired) electrons. The van der Waals surface area contributed by atoms with Gasteiger partial charge in [0.2, 0.25) is 0 Å². The van der Waals surface area contributed by atoms with Gasteiger partial charge in [0.05, 0.1) is 11.9 Å². The maximum atomic E-state index is 4.46. The second-order valence-corrected chi connectivity index (χ2v) is 6.57. The predicted octanol–water partition coefficient (Wildman–Crippen LogP) is 3.07. The third-order valence-electron chi connectivity index (χ3n) is 4.55. The standard InChI is InChI=1S/C19H27N5/c1-4-8-16-11-18(16)22-19(20-2)23(3)13-15-12-21-24(14-15)17-9-6-5-7-10-17/h5-7,9-10,12,14,16,18H,4,8,11,13H2,1-3H3,(H,20,22). The molecule has 0 aliphatic heterocycles. The molecule has 0 saturated heterocycles. The van der Waals surface area contributed by atoms with Crippen LogP contribution in [0.4, 0.5) is 0 Å². The number of benzene rings is 1.